The summed E-state index contributed by atoms with van der Waals surface area (Å²) < 4.78 is 0. The quantitative estimate of drug-likeness (QED) is 0.550. The molecule has 2 aliphatic rings. The number of amides is 3. The number of carbonyl (C=O) groups excluding carboxylic acids is 3. The number of fused-ring (bicyclic) bond motifs is 1. The van der Waals surface area contributed by atoms with Crippen molar-refractivity contribution in [2.75, 3.05) is 20.1 Å². The van der Waals surface area contributed by atoms with Crippen LogP contribution in [0.4, 0.5) is 0 Å². The summed E-state index contributed by atoms with van der Waals surface area (Å²) in [5, 5.41) is 2.33. The van der Waals surface area contributed by atoms with E-state index in [9.17, 15) is 14.4 Å². The van der Waals surface area contributed by atoms with Crippen molar-refractivity contribution in [3.05, 3.63) is 34.9 Å². The van der Waals surface area contributed by atoms with E-state index in [0.29, 0.717) is 25.1 Å². The monoisotopic (exact) mass is 358 g/mol. The van der Waals surface area contributed by atoms with Crippen LogP contribution in [0.2, 0.25) is 0 Å². The van der Waals surface area contributed by atoms with E-state index in [0.717, 1.165) is 37.1 Å². The van der Waals surface area contributed by atoms with Crippen LogP contribution in [0.15, 0.2) is 18.2 Å². The van der Waals surface area contributed by atoms with Crippen molar-refractivity contribution < 1.29 is 14.4 Å². The molecule has 0 aromatic heterocycles. The van der Waals surface area contributed by atoms with Gasteiger partial charge in [-0.15, -0.1) is 0 Å². The van der Waals surface area contributed by atoms with E-state index in [4.69, 9.17) is 5.73 Å². The van der Waals surface area contributed by atoms with Crippen molar-refractivity contribution in [3.8, 4) is 0 Å². The summed E-state index contributed by atoms with van der Waals surface area (Å²) in [6.07, 6.45) is 2.73. The maximum Gasteiger partial charge on any atom is 0.255 e. The van der Waals surface area contributed by atoms with Gasteiger partial charge in [0.1, 0.15) is 6.04 Å². The Morgan fingerprint density at radius 2 is 2.08 bits per heavy atom. The lowest BCUT2D eigenvalue weighted by atomic mass is 10.0. The summed E-state index contributed by atoms with van der Waals surface area (Å²) in [6, 6.07) is 5.39. The minimum Gasteiger partial charge on any atom is -0.330 e. The van der Waals surface area contributed by atoms with E-state index in [1.54, 1.807) is 4.90 Å². The molecule has 3 N–H and O–H groups in total. The average Bonchev–Trinajstić information content (AvgIpc) is 2.92. The van der Waals surface area contributed by atoms with Crippen LogP contribution in [-0.2, 0) is 22.7 Å². The lowest BCUT2D eigenvalue weighted by molar-refractivity contribution is -0.136. The van der Waals surface area contributed by atoms with E-state index in [1.807, 2.05) is 18.2 Å². The zero-order valence-corrected chi connectivity index (χ0v) is 15.2. The molecule has 0 radical (unpaired) electrons. The van der Waals surface area contributed by atoms with Gasteiger partial charge in [-0.3, -0.25) is 19.7 Å². The first-order valence-electron chi connectivity index (χ1n) is 9.14. The second kappa shape index (κ2) is 7.97. The Morgan fingerprint density at radius 1 is 1.27 bits per heavy atom. The van der Waals surface area contributed by atoms with Crippen LogP contribution in [0.25, 0.3) is 0 Å². The van der Waals surface area contributed by atoms with Gasteiger partial charge in [-0.2, -0.15) is 0 Å². The highest BCUT2D eigenvalue weighted by molar-refractivity contribution is 6.05. The number of nitrogens with one attached hydrogen (secondary N) is 1. The molecule has 0 spiro atoms. The number of nitrogens with two attached hydrogens (primary N) is 1. The molecule has 1 aromatic carbocycles. The minimum absolute atomic E-state index is 0.123. The maximum absolute atomic E-state index is 12.8. The molecule has 2 heterocycles. The van der Waals surface area contributed by atoms with Crippen LogP contribution in [0.5, 0.6) is 0 Å². The van der Waals surface area contributed by atoms with Crippen LogP contribution in [-0.4, -0.2) is 53.7 Å². The van der Waals surface area contributed by atoms with Crippen molar-refractivity contribution in [2.45, 2.75) is 44.8 Å². The predicted octanol–water partition coefficient (Wildman–Crippen LogP) is 0.618. The number of hydrogen-bond acceptors (Lipinski definition) is 5. The van der Waals surface area contributed by atoms with Gasteiger partial charge in [-0.05, 0) is 56.6 Å². The van der Waals surface area contributed by atoms with Gasteiger partial charge in [0.05, 0.1) is 0 Å². The summed E-state index contributed by atoms with van der Waals surface area (Å²) >= 11 is 0. The van der Waals surface area contributed by atoms with Gasteiger partial charge < -0.3 is 15.5 Å². The molecule has 1 saturated heterocycles. The number of unbranched alkanes of at least 4 members (excludes halogenated alkanes) is 1. The van der Waals surface area contributed by atoms with Gasteiger partial charge in [0, 0.05) is 25.1 Å². The van der Waals surface area contributed by atoms with E-state index in [2.05, 4.69) is 17.3 Å². The normalized spacial score (nSPS) is 19.9. The van der Waals surface area contributed by atoms with Crippen LogP contribution in [0, 0.1) is 0 Å². The highest BCUT2D eigenvalue weighted by Crippen LogP contribution is 2.28. The van der Waals surface area contributed by atoms with Crippen LogP contribution in [0.1, 0.15) is 47.2 Å². The molecule has 0 aliphatic carbocycles. The molecule has 3 amide bonds. The molecule has 7 heteroatoms. The largest absolute Gasteiger partial charge is 0.330 e. The first-order valence-corrected chi connectivity index (χ1v) is 9.14. The fourth-order valence-electron chi connectivity index (χ4n) is 3.62. The van der Waals surface area contributed by atoms with Crippen molar-refractivity contribution in [3.63, 3.8) is 0 Å². The topological polar surface area (TPSA) is 95.7 Å². The molecule has 0 saturated carbocycles. The lowest BCUT2D eigenvalue weighted by Gasteiger charge is -2.29. The Hall–Kier alpha value is -2.25. The molecule has 0 bridgehead atoms. The molecule has 1 unspecified atom stereocenters. The summed E-state index contributed by atoms with van der Waals surface area (Å²) in [6.45, 7) is 2.86. The molecule has 1 fully saturated rings. The van der Waals surface area contributed by atoms with E-state index in [-0.39, 0.29) is 24.1 Å². The van der Waals surface area contributed by atoms with Gasteiger partial charge in [0.15, 0.2) is 0 Å². The van der Waals surface area contributed by atoms with Gasteiger partial charge in [-0.1, -0.05) is 12.1 Å². The fourth-order valence-corrected chi connectivity index (χ4v) is 3.62. The van der Waals surface area contributed by atoms with Crippen LogP contribution in [0.3, 0.4) is 0 Å². The predicted molar refractivity (Wildman–Crippen MR) is 97.1 cm³/mol. The number of nitrogens with zero attached hydrogens (tertiary/aromatic N) is 2. The standard InChI is InChI=1S/C19H26N4O3/c1-22(9-3-2-8-20)11-13-4-5-14-12-23(19(26)15(14)10-13)16-6-7-17(24)21-18(16)25/h4-5,10,16H,2-3,6-9,11-12,20H2,1H3,(H,21,24,25). The first kappa shape index (κ1) is 18.5. The molecule has 1 atom stereocenters. The number of piperidine rings is 1. The zero-order valence-electron chi connectivity index (χ0n) is 15.2. The van der Waals surface area contributed by atoms with Gasteiger partial charge in [0.2, 0.25) is 11.8 Å². The molecule has 7 nitrogen and oxygen atoms in total. The second-order valence-corrected chi connectivity index (χ2v) is 7.13. The van der Waals surface area contributed by atoms with Crippen molar-refractivity contribution in [1.29, 1.82) is 0 Å². The Kier molecular flexibility index (Phi) is 5.68. The van der Waals surface area contributed by atoms with E-state index in [1.165, 1.54) is 0 Å². The summed E-state index contributed by atoms with van der Waals surface area (Å²) in [5.41, 5.74) is 8.22. The number of carbonyl (C=O) groups is 3. The van der Waals surface area contributed by atoms with E-state index < -0.39 is 6.04 Å². The minimum atomic E-state index is -0.560. The highest BCUT2D eigenvalue weighted by Gasteiger charge is 2.39. The molecule has 140 valence electrons. The van der Waals surface area contributed by atoms with Crippen LogP contribution >= 0.6 is 0 Å². The summed E-state index contributed by atoms with van der Waals surface area (Å²) in [7, 11) is 2.06. The molecule has 26 heavy (non-hydrogen) atoms. The van der Waals surface area contributed by atoms with Gasteiger partial charge in [-0.25, -0.2) is 0 Å². The number of imide groups is 1. The third-order valence-electron chi connectivity index (χ3n) is 5.04. The van der Waals surface area contributed by atoms with Gasteiger partial charge >= 0.3 is 0 Å². The van der Waals surface area contributed by atoms with E-state index >= 15 is 0 Å². The zero-order chi connectivity index (χ0) is 18.7. The van der Waals surface area contributed by atoms with Crippen molar-refractivity contribution in [1.82, 2.24) is 15.1 Å². The third kappa shape index (κ3) is 3.94. The smallest absolute Gasteiger partial charge is 0.255 e. The number of rotatable bonds is 7. The Labute approximate surface area is 153 Å². The second-order valence-electron chi connectivity index (χ2n) is 7.13. The highest BCUT2D eigenvalue weighted by atomic mass is 16.2. The number of benzene rings is 1. The first-order chi connectivity index (χ1) is 12.5. The molecule has 2 aliphatic heterocycles. The lowest BCUT2D eigenvalue weighted by Crippen LogP contribution is -2.52. The Balaban J connectivity index is 1.67. The molecular weight excluding hydrogens is 332 g/mol. The molecule has 3 rings (SSSR count). The molecule has 1 aromatic rings. The maximum atomic E-state index is 12.8. The molecular formula is C19H26N4O3. The van der Waals surface area contributed by atoms with Crippen LogP contribution < -0.4 is 11.1 Å². The van der Waals surface area contributed by atoms with Crippen molar-refractivity contribution in [2.24, 2.45) is 5.73 Å². The summed E-state index contributed by atoms with van der Waals surface area (Å²) in [5.74, 6) is -0.764. The Bertz CT molecular complexity index is 719. The Morgan fingerprint density at radius 3 is 2.81 bits per heavy atom. The summed E-state index contributed by atoms with van der Waals surface area (Å²) in [4.78, 5) is 40.0. The van der Waals surface area contributed by atoms with Gasteiger partial charge in [0.25, 0.3) is 5.91 Å². The fraction of sp³-hybridized carbons (Fsp3) is 0.526. The van der Waals surface area contributed by atoms with Crippen molar-refractivity contribution >= 4 is 17.7 Å². The third-order valence-corrected chi connectivity index (χ3v) is 5.04. The number of hydrogen-bond donors (Lipinski definition) is 2. The SMILES string of the molecule is CN(CCCCN)Cc1ccc2c(c1)C(=O)N(C1CCC(=O)NC1=O)C2. The average molecular weight is 358 g/mol.